The monoisotopic (exact) mass is 531 g/mol. The van der Waals surface area contributed by atoms with Crippen LogP contribution in [-0.2, 0) is 13.0 Å². The summed E-state index contributed by atoms with van der Waals surface area (Å²) in [5.41, 5.74) is 1.45. The molecule has 2 atom stereocenters. The molecule has 9 heteroatoms. The molecule has 0 saturated carbocycles. The number of hydrogen-bond donors (Lipinski definition) is 3. The zero-order valence-electron chi connectivity index (χ0n) is 21.7. The number of carboxylic acids is 1. The molecule has 1 aliphatic rings. The highest BCUT2D eigenvalue weighted by Gasteiger charge is 2.25. The van der Waals surface area contributed by atoms with Crippen molar-refractivity contribution in [2.45, 2.75) is 59.2 Å². The first kappa shape index (κ1) is 28.6. The number of halogens is 2. The number of nitrogens with one attached hydrogen (secondary N) is 1. The average Bonchev–Trinajstić information content (AvgIpc) is 2.83. The van der Waals surface area contributed by atoms with Gasteiger partial charge in [0, 0.05) is 55.4 Å². The molecule has 1 aliphatic heterocycles. The van der Waals surface area contributed by atoms with E-state index in [0.717, 1.165) is 5.69 Å². The van der Waals surface area contributed by atoms with Crippen molar-refractivity contribution in [2.24, 2.45) is 0 Å². The lowest BCUT2D eigenvalue weighted by Crippen LogP contribution is -2.54. The van der Waals surface area contributed by atoms with Gasteiger partial charge in [0.1, 0.15) is 11.4 Å². The normalized spacial score (nSPS) is 17.4. The number of aliphatic hydroxyl groups excluding tert-OH is 1. The van der Waals surface area contributed by atoms with Crippen LogP contribution in [0.1, 0.15) is 55.6 Å². The number of aromatic carboxylic acids is 1. The Morgan fingerprint density at radius 2 is 1.81 bits per heavy atom. The van der Waals surface area contributed by atoms with Crippen LogP contribution in [-0.4, -0.2) is 52.5 Å². The summed E-state index contributed by atoms with van der Waals surface area (Å²) in [7, 11) is 0. The number of nitrogens with zero attached hydrogens (tertiary/aromatic N) is 2. The molecule has 3 N–H and O–H groups in total. The van der Waals surface area contributed by atoms with E-state index in [4.69, 9.17) is 11.6 Å². The van der Waals surface area contributed by atoms with Gasteiger partial charge in [-0.25, -0.2) is 9.18 Å². The van der Waals surface area contributed by atoms with Gasteiger partial charge in [-0.3, -0.25) is 4.79 Å². The van der Waals surface area contributed by atoms with Crippen LogP contribution in [0.3, 0.4) is 0 Å². The van der Waals surface area contributed by atoms with E-state index in [-0.39, 0.29) is 47.6 Å². The number of aromatic nitrogens is 1. The Morgan fingerprint density at radius 1 is 1.16 bits per heavy atom. The van der Waals surface area contributed by atoms with E-state index < -0.39 is 17.2 Å². The molecule has 1 aromatic heterocycles. The zero-order valence-corrected chi connectivity index (χ0v) is 22.5. The molecule has 0 spiro atoms. The fourth-order valence-corrected chi connectivity index (χ4v) is 4.96. The number of aliphatic hydroxyl groups is 1. The molecule has 0 amide bonds. The zero-order chi connectivity index (χ0) is 27.3. The Kier molecular flexibility index (Phi) is 9.70. The number of carboxylic acid groups (broad SMARTS) is 1. The summed E-state index contributed by atoms with van der Waals surface area (Å²) < 4.78 is 16.4. The molecule has 7 nitrogen and oxygen atoms in total. The largest absolute Gasteiger partial charge is 0.477 e. The molecule has 1 fully saturated rings. The molecular formula is C28H35ClFN3O4. The van der Waals surface area contributed by atoms with E-state index in [1.54, 1.807) is 22.8 Å². The Morgan fingerprint density at radius 3 is 2.41 bits per heavy atom. The third kappa shape index (κ3) is 6.50. The molecule has 4 rings (SSSR count). The highest BCUT2D eigenvalue weighted by atomic mass is 35.5. The van der Waals surface area contributed by atoms with Gasteiger partial charge in [-0.15, -0.1) is 0 Å². The second-order valence-corrected chi connectivity index (χ2v) is 9.97. The Labute approximate surface area is 221 Å². The second-order valence-electron chi connectivity index (χ2n) is 9.56. The molecule has 2 unspecified atom stereocenters. The third-order valence-electron chi connectivity index (χ3n) is 6.16. The highest BCUT2D eigenvalue weighted by Crippen LogP contribution is 2.31. The van der Waals surface area contributed by atoms with Crippen molar-refractivity contribution in [2.75, 3.05) is 24.6 Å². The maximum Gasteiger partial charge on any atom is 0.341 e. The van der Waals surface area contributed by atoms with Crippen molar-refractivity contribution >= 4 is 34.2 Å². The maximum absolute atomic E-state index is 14.8. The van der Waals surface area contributed by atoms with Gasteiger partial charge in [0.05, 0.1) is 17.1 Å². The first-order valence-corrected chi connectivity index (χ1v) is 13.0. The number of piperazine rings is 1. The second kappa shape index (κ2) is 12.5. The molecule has 1 saturated heterocycles. The van der Waals surface area contributed by atoms with Gasteiger partial charge < -0.3 is 25.0 Å². The SMILES string of the molecule is CC1CN(c2cc3c(cc2Cc2cccc(Cl)c2F)c(=O)c(C(=O)O)cn3CCO)CC(C)N1.CCC. The molecule has 2 aromatic carbocycles. The van der Waals surface area contributed by atoms with E-state index in [1.807, 2.05) is 6.07 Å². The van der Waals surface area contributed by atoms with Crippen LogP contribution in [0.25, 0.3) is 10.9 Å². The van der Waals surface area contributed by atoms with Crippen molar-refractivity contribution in [3.8, 4) is 0 Å². The first-order chi connectivity index (χ1) is 17.6. The molecule has 37 heavy (non-hydrogen) atoms. The number of fused-ring (bicyclic) bond motifs is 1. The molecule has 0 radical (unpaired) electrons. The van der Waals surface area contributed by atoms with Crippen LogP contribution >= 0.6 is 11.6 Å². The minimum atomic E-state index is -1.34. The van der Waals surface area contributed by atoms with Crippen molar-refractivity contribution < 1.29 is 19.4 Å². The molecule has 3 aromatic rings. The predicted molar refractivity (Wildman–Crippen MR) is 147 cm³/mol. The molecule has 0 aliphatic carbocycles. The minimum Gasteiger partial charge on any atom is -0.477 e. The van der Waals surface area contributed by atoms with E-state index >= 15 is 0 Å². The fraction of sp³-hybridized carbons (Fsp3) is 0.429. The van der Waals surface area contributed by atoms with Gasteiger partial charge in [0.25, 0.3) is 0 Å². The van der Waals surface area contributed by atoms with Crippen molar-refractivity contribution in [3.63, 3.8) is 0 Å². The molecule has 2 heterocycles. The van der Waals surface area contributed by atoms with Crippen LogP contribution in [0, 0.1) is 5.82 Å². The summed E-state index contributed by atoms with van der Waals surface area (Å²) in [6, 6.07) is 8.73. The summed E-state index contributed by atoms with van der Waals surface area (Å²) in [4.78, 5) is 27.0. The van der Waals surface area contributed by atoms with Crippen LogP contribution in [0.5, 0.6) is 0 Å². The number of anilines is 1. The predicted octanol–water partition coefficient (Wildman–Crippen LogP) is 4.68. The number of hydrogen-bond acceptors (Lipinski definition) is 5. The van der Waals surface area contributed by atoms with Gasteiger partial charge in [0.2, 0.25) is 5.43 Å². The quantitative estimate of drug-likeness (QED) is 0.427. The smallest absolute Gasteiger partial charge is 0.341 e. The molecule has 200 valence electrons. The lowest BCUT2D eigenvalue weighted by Gasteiger charge is -2.39. The Balaban J connectivity index is 0.00000121. The maximum atomic E-state index is 14.8. The first-order valence-electron chi connectivity index (χ1n) is 12.6. The van der Waals surface area contributed by atoms with Gasteiger partial charge in [-0.2, -0.15) is 0 Å². The topological polar surface area (TPSA) is 94.8 Å². The fourth-order valence-electron chi connectivity index (χ4n) is 4.77. The molecule has 0 bridgehead atoms. The number of pyridine rings is 1. The van der Waals surface area contributed by atoms with Gasteiger partial charge in [-0.05, 0) is 43.2 Å². The summed E-state index contributed by atoms with van der Waals surface area (Å²) in [5, 5.41) is 22.8. The van der Waals surface area contributed by atoms with Crippen molar-refractivity contribution in [1.82, 2.24) is 9.88 Å². The van der Waals surface area contributed by atoms with E-state index in [1.165, 1.54) is 18.7 Å². The Bertz CT molecular complexity index is 1320. The Hall–Kier alpha value is -2.94. The van der Waals surface area contributed by atoms with Gasteiger partial charge in [0.15, 0.2) is 0 Å². The number of benzene rings is 2. The van der Waals surface area contributed by atoms with Crippen LogP contribution in [0.4, 0.5) is 10.1 Å². The lowest BCUT2D eigenvalue weighted by atomic mass is 9.97. The standard InChI is InChI=1S/C25H27ClFN3O4.C3H8/c1-14-11-30(12-15(2)28-14)21-10-22-18(24(32)19(25(33)34)13-29(22)6-7-31)9-17(21)8-16-4-3-5-20(26)23(16)27;1-3-2/h3-5,9-10,13-15,28,31H,6-8,11-12H2,1-2H3,(H,33,34);3H2,1-2H3. The number of rotatable bonds is 6. The summed E-state index contributed by atoms with van der Waals surface area (Å²) in [6.07, 6.45) is 2.70. The van der Waals surface area contributed by atoms with Crippen molar-refractivity contribution in [3.05, 3.63) is 74.3 Å². The van der Waals surface area contributed by atoms with Crippen molar-refractivity contribution in [1.29, 1.82) is 0 Å². The highest BCUT2D eigenvalue weighted by molar-refractivity contribution is 6.30. The summed E-state index contributed by atoms with van der Waals surface area (Å²) >= 11 is 6.00. The average molecular weight is 532 g/mol. The third-order valence-corrected chi connectivity index (χ3v) is 6.45. The summed E-state index contributed by atoms with van der Waals surface area (Å²) in [5.74, 6) is -1.86. The summed E-state index contributed by atoms with van der Waals surface area (Å²) in [6.45, 7) is 9.75. The van der Waals surface area contributed by atoms with E-state index in [9.17, 15) is 24.2 Å². The minimum absolute atomic E-state index is 0.0164. The van der Waals surface area contributed by atoms with Gasteiger partial charge in [-0.1, -0.05) is 44.0 Å². The van der Waals surface area contributed by atoms with E-state index in [0.29, 0.717) is 29.7 Å². The van der Waals surface area contributed by atoms with Gasteiger partial charge >= 0.3 is 5.97 Å². The van der Waals surface area contributed by atoms with Crippen LogP contribution in [0.15, 0.2) is 41.3 Å². The van der Waals surface area contributed by atoms with E-state index in [2.05, 4.69) is 37.9 Å². The van der Waals surface area contributed by atoms with Crippen LogP contribution < -0.4 is 15.6 Å². The number of carbonyl (C=O) groups is 1. The molecular weight excluding hydrogens is 497 g/mol. The lowest BCUT2D eigenvalue weighted by molar-refractivity contribution is 0.0694. The van der Waals surface area contributed by atoms with Crippen LogP contribution in [0.2, 0.25) is 5.02 Å².